The summed E-state index contributed by atoms with van der Waals surface area (Å²) in [6.45, 7) is 3.51. The molecule has 0 bridgehead atoms. The van der Waals surface area contributed by atoms with Crippen molar-refractivity contribution in [2.24, 2.45) is 0 Å². The average molecular weight is 377 g/mol. The molecule has 2 heterocycles. The minimum Gasteiger partial charge on any atom is -0.411 e. The van der Waals surface area contributed by atoms with Crippen LogP contribution in [-0.2, 0) is 13.0 Å². The molecule has 1 aliphatic carbocycles. The average Bonchev–Trinajstić information content (AvgIpc) is 2.66. The van der Waals surface area contributed by atoms with Crippen molar-refractivity contribution >= 4 is 17.5 Å². The lowest BCUT2D eigenvalue weighted by atomic mass is 10.0. The van der Waals surface area contributed by atoms with E-state index in [-0.39, 0.29) is 5.56 Å². The Balaban J connectivity index is 1.99. The smallest absolute Gasteiger partial charge is 0.292 e. The third-order valence-corrected chi connectivity index (χ3v) is 4.92. The fourth-order valence-electron chi connectivity index (χ4n) is 3.18. The molecule has 0 amide bonds. The van der Waals surface area contributed by atoms with Gasteiger partial charge in [-0.15, -0.1) is 4.73 Å². The van der Waals surface area contributed by atoms with Crippen molar-refractivity contribution < 1.29 is 4.84 Å². The van der Waals surface area contributed by atoms with Gasteiger partial charge in [0, 0.05) is 30.2 Å². The van der Waals surface area contributed by atoms with Crippen molar-refractivity contribution in [3.8, 4) is 0 Å². The van der Waals surface area contributed by atoms with Crippen molar-refractivity contribution in [2.45, 2.75) is 45.6 Å². The first-order valence-corrected chi connectivity index (χ1v) is 9.44. The zero-order valence-electron chi connectivity index (χ0n) is 15.3. The maximum Gasteiger partial charge on any atom is 0.292 e. The summed E-state index contributed by atoms with van der Waals surface area (Å²) in [6.07, 6.45) is 10.4. The molecule has 0 spiro atoms. The lowest BCUT2D eigenvalue weighted by Crippen LogP contribution is -2.38. The van der Waals surface area contributed by atoms with E-state index in [0.29, 0.717) is 18.1 Å². The highest BCUT2D eigenvalue weighted by atomic mass is 35.5. The highest BCUT2D eigenvalue weighted by molar-refractivity contribution is 6.31. The second-order valence-electron chi connectivity index (χ2n) is 6.43. The Kier molecular flexibility index (Phi) is 6.16. The van der Waals surface area contributed by atoms with E-state index in [4.69, 9.17) is 16.4 Å². The van der Waals surface area contributed by atoms with Gasteiger partial charge in [-0.2, -0.15) is 0 Å². The van der Waals surface area contributed by atoms with E-state index in [1.807, 2.05) is 18.2 Å². The molecule has 0 atom stereocenters. The van der Waals surface area contributed by atoms with E-state index < -0.39 is 0 Å². The molecule has 0 saturated heterocycles. The Morgan fingerprint density at radius 1 is 1.46 bits per heavy atom. The van der Waals surface area contributed by atoms with Gasteiger partial charge < -0.3 is 15.5 Å². The number of halogens is 1. The van der Waals surface area contributed by atoms with Gasteiger partial charge in [0.2, 0.25) is 5.95 Å². The molecule has 2 aliphatic rings. The van der Waals surface area contributed by atoms with Crippen molar-refractivity contribution in [1.82, 2.24) is 15.0 Å². The van der Waals surface area contributed by atoms with E-state index in [2.05, 4.69) is 22.5 Å². The SMILES string of the molecule is CCCCC(Nc1nc2c(c(=O)n1OC)CNCC2)=C1C=CC(Cl)=CC1. The third-order valence-electron chi connectivity index (χ3n) is 4.64. The molecule has 0 unspecified atom stereocenters. The third kappa shape index (κ3) is 4.02. The minimum absolute atomic E-state index is 0.158. The Morgan fingerprint density at radius 2 is 2.31 bits per heavy atom. The van der Waals surface area contributed by atoms with Crippen LogP contribution in [0.15, 0.2) is 39.3 Å². The predicted molar refractivity (Wildman–Crippen MR) is 104 cm³/mol. The van der Waals surface area contributed by atoms with E-state index in [1.165, 1.54) is 11.8 Å². The molecule has 3 rings (SSSR count). The summed E-state index contributed by atoms with van der Waals surface area (Å²) < 4.78 is 1.24. The molecule has 0 fully saturated rings. The van der Waals surface area contributed by atoms with E-state index in [9.17, 15) is 4.79 Å². The molecule has 0 aromatic carbocycles. The molecule has 6 nitrogen and oxygen atoms in total. The van der Waals surface area contributed by atoms with Crippen molar-refractivity contribution in [3.05, 3.63) is 56.1 Å². The van der Waals surface area contributed by atoms with Crippen LogP contribution in [-0.4, -0.2) is 23.4 Å². The molecule has 1 aromatic heterocycles. The quantitative estimate of drug-likeness (QED) is 0.799. The van der Waals surface area contributed by atoms with Crippen LogP contribution in [0.2, 0.25) is 0 Å². The minimum atomic E-state index is -0.158. The van der Waals surface area contributed by atoms with Gasteiger partial charge in [0.25, 0.3) is 5.56 Å². The maximum atomic E-state index is 12.7. The summed E-state index contributed by atoms with van der Waals surface area (Å²) in [5, 5.41) is 7.33. The zero-order chi connectivity index (χ0) is 18.5. The number of hydrogen-bond acceptors (Lipinski definition) is 5. The largest absolute Gasteiger partial charge is 0.411 e. The Labute approximate surface area is 158 Å². The van der Waals surface area contributed by atoms with Crippen molar-refractivity contribution in [3.63, 3.8) is 0 Å². The Hall–Kier alpha value is -2.05. The number of allylic oxidation sites excluding steroid dienone is 6. The van der Waals surface area contributed by atoms with Gasteiger partial charge in [0.15, 0.2) is 0 Å². The first-order valence-electron chi connectivity index (χ1n) is 9.06. The molecular weight excluding hydrogens is 352 g/mol. The van der Waals surface area contributed by atoms with Gasteiger partial charge in [0.1, 0.15) is 7.11 Å². The number of unbranched alkanes of at least 4 members (excludes halogenated alkanes) is 1. The van der Waals surface area contributed by atoms with Gasteiger partial charge in [0.05, 0.1) is 11.3 Å². The maximum absolute atomic E-state index is 12.7. The number of fused-ring (bicyclic) bond motifs is 1. The van der Waals surface area contributed by atoms with Gasteiger partial charge in [-0.05, 0) is 30.9 Å². The molecule has 140 valence electrons. The number of hydrogen-bond donors (Lipinski definition) is 2. The lowest BCUT2D eigenvalue weighted by molar-refractivity contribution is 0.157. The standard InChI is InChI=1S/C19H25ClN4O2/c1-3-4-5-16(13-6-8-14(20)9-7-13)22-19-23-17-10-11-21-12-15(17)18(25)24(19)26-2/h6,8-9,21H,3-5,7,10-12H2,1-2H3,(H,22,23). The summed E-state index contributed by atoms with van der Waals surface area (Å²) in [7, 11) is 1.48. The fourth-order valence-corrected chi connectivity index (χ4v) is 3.32. The van der Waals surface area contributed by atoms with Gasteiger partial charge >= 0.3 is 0 Å². The molecule has 26 heavy (non-hydrogen) atoms. The molecule has 0 saturated carbocycles. The Morgan fingerprint density at radius 3 is 3.00 bits per heavy atom. The molecule has 1 aromatic rings. The van der Waals surface area contributed by atoms with Crippen LogP contribution in [0.25, 0.3) is 0 Å². The number of rotatable bonds is 6. The van der Waals surface area contributed by atoms with Crippen LogP contribution in [0.4, 0.5) is 5.95 Å². The topological polar surface area (TPSA) is 68.2 Å². The normalized spacial score (nSPS) is 18.2. The summed E-state index contributed by atoms with van der Waals surface area (Å²) in [5.74, 6) is 0.436. The van der Waals surface area contributed by atoms with E-state index >= 15 is 0 Å². The summed E-state index contributed by atoms with van der Waals surface area (Å²) in [6, 6.07) is 0. The van der Waals surface area contributed by atoms with Crippen LogP contribution < -0.4 is 21.0 Å². The second kappa shape index (κ2) is 8.56. The van der Waals surface area contributed by atoms with E-state index in [1.54, 1.807) is 0 Å². The number of nitrogens with one attached hydrogen (secondary N) is 2. The zero-order valence-corrected chi connectivity index (χ0v) is 16.0. The molecular formula is C19H25ClN4O2. The number of anilines is 1. The molecule has 0 radical (unpaired) electrons. The number of aromatic nitrogens is 2. The number of nitrogens with zero attached hydrogens (tertiary/aromatic N) is 2. The highest BCUT2D eigenvalue weighted by Gasteiger charge is 2.20. The van der Waals surface area contributed by atoms with Crippen LogP contribution in [0.3, 0.4) is 0 Å². The van der Waals surface area contributed by atoms with Crippen LogP contribution in [0.5, 0.6) is 0 Å². The van der Waals surface area contributed by atoms with Crippen LogP contribution in [0.1, 0.15) is 43.9 Å². The van der Waals surface area contributed by atoms with Crippen molar-refractivity contribution in [1.29, 1.82) is 0 Å². The van der Waals surface area contributed by atoms with Crippen LogP contribution in [0, 0.1) is 0 Å². The summed E-state index contributed by atoms with van der Waals surface area (Å²) in [4.78, 5) is 22.8. The first kappa shape index (κ1) is 18.7. The fraction of sp³-hybridized carbons (Fsp3) is 0.474. The van der Waals surface area contributed by atoms with Gasteiger partial charge in [-0.25, -0.2) is 4.98 Å². The first-order chi connectivity index (χ1) is 12.6. The van der Waals surface area contributed by atoms with Crippen LogP contribution >= 0.6 is 11.6 Å². The predicted octanol–water partition coefficient (Wildman–Crippen LogP) is 2.89. The Bertz CT molecular complexity index is 824. The van der Waals surface area contributed by atoms with E-state index in [0.717, 1.165) is 60.6 Å². The molecule has 2 N–H and O–H groups in total. The molecule has 7 heteroatoms. The summed E-state index contributed by atoms with van der Waals surface area (Å²) in [5.41, 5.74) is 3.56. The summed E-state index contributed by atoms with van der Waals surface area (Å²) >= 11 is 6.05. The van der Waals surface area contributed by atoms with Crippen molar-refractivity contribution in [2.75, 3.05) is 19.0 Å². The lowest BCUT2D eigenvalue weighted by Gasteiger charge is -2.22. The van der Waals surface area contributed by atoms with Gasteiger partial charge in [-0.3, -0.25) is 4.79 Å². The highest BCUT2D eigenvalue weighted by Crippen LogP contribution is 2.25. The molecule has 1 aliphatic heterocycles. The van der Waals surface area contributed by atoms with Gasteiger partial charge in [-0.1, -0.05) is 37.1 Å². The monoisotopic (exact) mass is 376 g/mol. The second-order valence-corrected chi connectivity index (χ2v) is 6.86.